The van der Waals surface area contributed by atoms with Gasteiger partial charge in [-0.15, -0.1) is 4.40 Å². The second-order valence-corrected chi connectivity index (χ2v) is 10.2. The van der Waals surface area contributed by atoms with E-state index in [4.69, 9.17) is 0 Å². The van der Waals surface area contributed by atoms with Gasteiger partial charge in [0.1, 0.15) is 0 Å². The third-order valence-electron chi connectivity index (χ3n) is 4.59. The number of nitrogens with zero attached hydrogens (tertiary/aromatic N) is 4. The summed E-state index contributed by atoms with van der Waals surface area (Å²) in [5.41, 5.74) is 2.27. The summed E-state index contributed by atoms with van der Waals surface area (Å²) in [6.45, 7) is 0.375. The van der Waals surface area contributed by atoms with Crippen molar-refractivity contribution in [2.75, 3.05) is 29.1 Å². The number of fused-ring (bicyclic) bond motifs is 4. The zero-order valence-corrected chi connectivity index (χ0v) is 17.1. The summed E-state index contributed by atoms with van der Waals surface area (Å²) in [4.78, 5) is 21.8. The van der Waals surface area contributed by atoms with Crippen molar-refractivity contribution in [3.63, 3.8) is 0 Å². The van der Waals surface area contributed by atoms with Crippen molar-refractivity contribution in [1.29, 1.82) is 0 Å². The Morgan fingerprint density at radius 3 is 2.86 bits per heavy atom. The first-order valence-electron chi connectivity index (χ1n) is 8.47. The Labute approximate surface area is 169 Å². The molecule has 10 heteroatoms. The quantitative estimate of drug-likeness (QED) is 0.621. The van der Waals surface area contributed by atoms with Crippen LogP contribution in [0.25, 0.3) is 10.2 Å². The fraction of sp³-hybridized carbons (Fsp3) is 0.167. The molecule has 5 rings (SSSR count). The molecule has 0 N–H and O–H groups in total. The molecule has 0 bridgehead atoms. The largest absolute Gasteiger partial charge is 0.318 e. The maximum absolute atomic E-state index is 13.0. The molecule has 7 nitrogen and oxygen atoms in total. The Balaban J connectivity index is 1.46. The van der Waals surface area contributed by atoms with Crippen LogP contribution in [0.1, 0.15) is 10.4 Å². The number of hydrogen-bond donors (Lipinski definition) is 0. The minimum atomic E-state index is -3.40. The summed E-state index contributed by atoms with van der Waals surface area (Å²) in [7, 11) is -1.69. The second kappa shape index (κ2) is 6.29. The van der Waals surface area contributed by atoms with Crippen LogP contribution in [0.2, 0.25) is 0 Å². The first kappa shape index (κ1) is 17.7. The molecule has 2 aromatic carbocycles. The Kier molecular flexibility index (Phi) is 3.97. The van der Waals surface area contributed by atoms with E-state index in [1.54, 1.807) is 24.1 Å². The summed E-state index contributed by atoms with van der Waals surface area (Å²) in [6, 6.07) is 13.2. The Morgan fingerprint density at radius 1 is 1.21 bits per heavy atom. The fourth-order valence-corrected chi connectivity index (χ4v) is 6.37. The van der Waals surface area contributed by atoms with Crippen molar-refractivity contribution in [2.24, 2.45) is 4.40 Å². The van der Waals surface area contributed by atoms with Crippen LogP contribution in [-0.2, 0) is 10.0 Å². The number of aromatic nitrogens is 1. The molecule has 0 atom stereocenters. The van der Waals surface area contributed by atoms with Gasteiger partial charge in [-0.3, -0.25) is 9.69 Å². The summed E-state index contributed by atoms with van der Waals surface area (Å²) in [6.07, 6.45) is 0. The van der Waals surface area contributed by atoms with Gasteiger partial charge >= 0.3 is 0 Å². The number of hydrogen-bond acceptors (Lipinski definition) is 7. The van der Waals surface area contributed by atoms with Crippen molar-refractivity contribution in [3.05, 3.63) is 48.0 Å². The van der Waals surface area contributed by atoms with Gasteiger partial charge < -0.3 is 4.90 Å². The molecule has 28 heavy (non-hydrogen) atoms. The van der Waals surface area contributed by atoms with E-state index in [1.807, 2.05) is 35.2 Å². The number of benzene rings is 2. The molecule has 0 saturated carbocycles. The minimum absolute atomic E-state index is 0.00245. The Bertz CT molecular complexity index is 1230. The summed E-state index contributed by atoms with van der Waals surface area (Å²) < 4.78 is 28.4. The molecule has 0 radical (unpaired) electrons. The zero-order valence-electron chi connectivity index (χ0n) is 14.7. The highest BCUT2D eigenvalue weighted by atomic mass is 32.2. The van der Waals surface area contributed by atoms with E-state index in [0.29, 0.717) is 22.4 Å². The van der Waals surface area contributed by atoms with Crippen molar-refractivity contribution >= 4 is 65.2 Å². The lowest BCUT2D eigenvalue weighted by molar-refractivity contribution is 0.0993. The van der Waals surface area contributed by atoms with Gasteiger partial charge in [-0.1, -0.05) is 23.5 Å². The van der Waals surface area contributed by atoms with E-state index in [0.717, 1.165) is 20.8 Å². The molecule has 3 aromatic rings. The molecule has 0 aliphatic carbocycles. The number of para-hydroxylation sites is 1. The number of rotatable bonds is 2. The van der Waals surface area contributed by atoms with Crippen LogP contribution in [0.15, 0.2) is 51.8 Å². The average Bonchev–Trinajstić information content (AvgIpc) is 3.25. The first-order chi connectivity index (χ1) is 13.4. The van der Waals surface area contributed by atoms with Gasteiger partial charge in [-0.2, -0.15) is 0 Å². The number of sulfonamides is 1. The van der Waals surface area contributed by atoms with Gasteiger partial charge in [0.15, 0.2) is 10.3 Å². The van der Waals surface area contributed by atoms with Crippen molar-refractivity contribution in [2.45, 2.75) is 4.90 Å². The van der Waals surface area contributed by atoms with Crippen LogP contribution in [0.3, 0.4) is 0 Å². The molecular formula is C18H14N4O3S3. The SMILES string of the molecule is CN(C(=O)c1ccc2c(c1)SC1=NS(=O)(=O)CCN12)c1nc2ccccc2s1. The molecule has 2 aliphatic rings. The van der Waals surface area contributed by atoms with E-state index < -0.39 is 10.0 Å². The highest BCUT2D eigenvalue weighted by Gasteiger charge is 2.33. The van der Waals surface area contributed by atoms with Crippen molar-refractivity contribution in [1.82, 2.24) is 4.98 Å². The molecule has 0 fully saturated rings. The van der Waals surface area contributed by atoms with Crippen LogP contribution in [0.4, 0.5) is 10.8 Å². The monoisotopic (exact) mass is 430 g/mol. The van der Waals surface area contributed by atoms with E-state index in [-0.39, 0.29) is 11.7 Å². The Hall–Kier alpha value is -2.43. The van der Waals surface area contributed by atoms with E-state index >= 15 is 0 Å². The van der Waals surface area contributed by atoms with Gasteiger partial charge in [0.2, 0.25) is 0 Å². The van der Waals surface area contributed by atoms with Crippen LogP contribution in [0.5, 0.6) is 0 Å². The minimum Gasteiger partial charge on any atom is -0.318 e. The standard InChI is InChI=1S/C18H14N4O3S3/c1-21(17-19-12-4-2-3-5-14(12)26-17)16(23)11-6-7-13-15(10-11)27-18-20-28(24,25)9-8-22(13)18/h2-7,10H,8-9H2,1H3. The van der Waals surface area contributed by atoms with E-state index in [2.05, 4.69) is 9.38 Å². The van der Waals surface area contributed by atoms with Gasteiger partial charge in [-0.05, 0) is 42.1 Å². The molecule has 1 aromatic heterocycles. The smallest absolute Gasteiger partial charge is 0.259 e. The van der Waals surface area contributed by atoms with Gasteiger partial charge in [-0.25, -0.2) is 13.4 Å². The maximum Gasteiger partial charge on any atom is 0.259 e. The van der Waals surface area contributed by atoms with Crippen LogP contribution >= 0.6 is 23.1 Å². The molecular weight excluding hydrogens is 416 g/mol. The lowest BCUT2D eigenvalue weighted by Crippen LogP contribution is -2.35. The van der Waals surface area contributed by atoms with Crippen LogP contribution in [0, 0.1) is 0 Å². The topological polar surface area (TPSA) is 82.9 Å². The maximum atomic E-state index is 13.0. The highest BCUT2D eigenvalue weighted by Crippen LogP contribution is 2.42. The Morgan fingerprint density at radius 2 is 2.04 bits per heavy atom. The normalized spacial score (nSPS) is 17.2. The molecule has 0 unspecified atom stereocenters. The number of anilines is 2. The summed E-state index contributed by atoms with van der Waals surface area (Å²) >= 11 is 2.74. The molecule has 1 amide bonds. The second-order valence-electron chi connectivity index (χ2n) is 6.42. The van der Waals surface area contributed by atoms with Crippen molar-refractivity contribution < 1.29 is 13.2 Å². The van der Waals surface area contributed by atoms with Crippen molar-refractivity contribution in [3.8, 4) is 0 Å². The molecule has 142 valence electrons. The highest BCUT2D eigenvalue weighted by molar-refractivity contribution is 8.15. The summed E-state index contributed by atoms with van der Waals surface area (Å²) in [5, 5.41) is 1.08. The molecule has 2 aliphatic heterocycles. The number of carbonyl (C=O) groups is 1. The van der Waals surface area contributed by atoms with Gasteiger partial charge in [0.25, 0.3) is 15.9 Å². The van der Waals surface area contributed by atoms with E-state index in [1.165, 1.54) is 23.1 Å². The predicted molar refractivity (Wildman–Crippen MR) is 113 cm³/mol. The average molecular weight is 431 g/mol. The number of thioether (sulfide) groups is 1. The molecule has 0 spiro atoms. The first-order valence-corrected chi connectivity index (χ1v) is 11.7. The number of amides is 1. The lowest BCUT2D eigenvalue weighted by atomic mass is 10.1. The number of amidine groups is 1. The summed E-state index contributed by atoms with van der Waals surface area (Å²) in [5.74, 6) is -0.167. The van der Waals surface area contributed by atoms with Gasteiger partial charge in [0, 0.05) is 24.1 Å². The van der Waals surface area contributed by atoms with Crippen LogP contribution in [-0.4, -0.2) is 43.8 Å². The molecule has 0 saturated heterocycles. The van der Waals surface area contributed by atoms with Crippen LogP contribution < -0.4 is 9.80 Å². The zero-order chi connectivity index (χ0) is 19.5. The third kappa shape index (κ3) is 2.88. The third-order valence-corrected chi connectivity index (χ3v) is 8.01. The number of carbonyl (C=O) groups excluding carboxylic acids is 1. The van der Waals surface area contributed by atoms with Gasteiger partial charge in [0.05, 0.1) is 21.7 Å². The fourth-order valence-electron chi connectivity index (χ4n) is 3.15. The predicted octanol–water partition coefficient (Wildman–Crippen LogP) is 3.18. The lowest BCUT2D eigenvalue weighted by Gasteiger charge is -2.22. The number of thiazole rings is 1. The molecule has 3 heterocycles. The van der Waals surface area contributed by atoms with E-state index in [9.17, 15) is 13.2 Å².